The first-order chi connectivity index (χ1) is 6.13. The van der Waals surface area contributed by atoms with Crippen molar-refractivity contribution in [3.63, 3.8) is 0 Å². The van der Waals surface area contributed by atoms with Crippen LogP contribution < -0.4 is 0 Å². The van der Waals surface area contributed by atoms with E-state index in [-0.39, 0.29) is 18.1 Å². The number of allylic oxidation sites excluding steroid dienone is 3. The minimum atomic E-state index is -0.267. The van der Waals surface area contributed by atoms with Crippen molar-refractivity contribution in [1.29, 1.82) is 0 Å². The van der Waals surface area contributed by atoms with Gasteiger partial charge in [0.1, 0.15) is 0 Å². The smallest absolute Gasteiger partial charge is 0.0757 e. The molecule has 1 aliphatic carbocycles. The normalized spacial score (nSPS) is 26.4. The third-order valence-electron chi connectivity index (χ3n) is 2.76. The Labute approximate surface area is 80.6 Å². The molecule has 0 bridgehead atoms. The molecule has 0 spiro atoms. The Morgan fingerprint density at radius 2 is 2.08 bits per heavy atom. The Bertz CT molecular complexity index is 208. The zero-order valence-corrected chi connectivity index (χ0v) is 8.64. The van der Waals surface area contributed by atoms with E-state index in [2.05, 4.69) is 24.0 Å². The van der Waals surface area contributed by atoms with Crippen LogP contribution in [-0.4, -0.2) is 36.2 Å². The van der Waals surface area contributed by atoms with Crippen molar-refractivity contribution in [3.05, 3.63) is 24.3 Å². The summed E-state index contributed by atoms with van der Waals surface area (Å²) in [6.07, 6.45) is 8.93. The van der Waals surface area contributed by atoms with E-state index < -0.39 is 0 Å². The lowest BCUT2D eigenvalue weighted by atomic mass is 9.90. The highest BCUT2D eigenvalue weighted by atomic mass is 16.3. The van der Waals surface area contributed by atoms with Crippen LogP contribution in [0.5, 0.6) is 0 Å². The van der Waals surface area contributed by atoms with Gasteiger partial charge in [0, 0.05) is 12.0 Å². The van der Waals surface area contributed by atoms with E-state index in [4.69, 9.17) is 0 Å². The van der Waals surface area contributed by atoms with Crippen LogP contribution in [-0.2, 0) is 0 Å². The second-order valence-electron chi connectivity index (χ2n) is 3.91. The molecule has 1 unspecified atom stereocenters. The molecular weight excluding hydrogens is 162 g/mol. The molecule has 3 atom stereocenters. The topological polar surface area (TPSA) is 23.5 Å². The molecular formula is C11H19NO. The van der Waals surface area contributed by atoms with Gasteiger partial charge in [-0.1, -0.05) is 24.3 Å². The molecule has 74 valence electrons. The number of nitrogens with zero attached hydrogens (tertiary/aromatic N) is 1. The molecule has 13 heavy (non-hydrogen) atoms. The van der Waals surface area contributed by atoms with Gasteiger partial charge in [0.05, 0.1) is 6.10 Å². The molecule has 1 N–H and O–H groups in total. The van der Waals surface area contributed by atoms with E-state index in [1.807, 2.05) is 26.2 Å². The fourth-order valence-corrected chi connectivity index (χ4v) is 1.52. The quantitative estimate of drug-likeness (QED) is 0.712. The van der Waals surface area contributed by atoms with Gasteiger partial charge in [0.25, 0.3) is 0 Å². The summed E-state index contributed by atoms with van der Waals surface area (Å²) in [7, 11) is 3.99. The third kappa shape index (κ3) is 2.68. The van der Waals surface area contributed by atoms with Crippen molar-refractivity contribution in [1.82, 2.24) is 4.90 Å². The Hall–Kier alpha value is -0.600. The SMILES string of the molecule is C[C@@H]([C@@H](O)C1C=CC=CC1)N(C)C. The number of hydrogen-bond donors (Lipinski definition) is 1. The maximum atomic E-state index is 9.99. The maximum absolute atomic E-state index is 9.99. The molecule has 0 aromatic rings. The summed E-state index contributed by atoms with van der Waals surface area (Å²) in [6.45, 7) is 2.05. The lowest BCUT2D eigenvalue weighted by molar-refractivity contribution is 0.0533. The van der Waals surface area contributed by atoms with E-state index in [9.17, 15) is 5.11 Å². The van der Waals surface area contributed by atoms with Crippen LogP contribution in [0.2, 0.25) is 0 Å². The molecule has 1 aliphatic rings. The average Bonchev–Trinajstić information content (AvgIpc) is 2.17. The van der Waals surface area contributed by atoms with E-state index in [1.165, 1.54) is 0 Å². The monoisotopic (exact) mass is 181 g/mol. The van der Waals surface area contributed by atoms with Crippen molar-refractivity contribution in [2.45, 2.75) is 25.5 Å². The number of rotatable bonds is 3. The molecule has 0 fully saturated rings. The predicted molar refractivity (Wildman–Crippen MR) is 55.5 cm³/mol. The van der Waals surface area contributed by atoms with E-state index >= 15 is 0 Å². The minimum Gasteiger partial charge on any atom is -0.391 e. The zero-order valence-electron chi connectivity index (χ0n) is 8.64. The van der Waals surface area contributed by atoms with Gasteiger partial charge in [0.2, 0.25) is 0 Å². The highest BCUT2D eigenvalue weighted by Crippen LogP contribution is 2.19. The van der Waals surface area contributed by atoms with Gasteiger partial charge in [-0.2, -0.15) is 0 Å². The van der Waals surface area contributed by atoms with Crippen molar-refractivity contribution in [2.75, 3.05) is 14.1 Å². The Morgan fingerprint density at radius 3 is 2.54 bits per heavy atom. The Morgan fingerprint density at radius 1 is 1.38 bits per heavy atom. The van der Waals surface area contributed by atoms with E-state index in [0.29, 0.717) is 0 Å². The minimum absolute atomic E-state index is 0.209. The Balaban J connectivity index is 2.51. The van der Waals surface area contributed by atoms with Gasteiger partial charge in [-0.3, -0.25) is 0 Å². The van der Waals surface area contributed by atoms with Crippen molar-refractivity contribution >= 4 is 0 Å². The molecule has 0 aromatic heterocycles. The molecule has 0 aromatic carbocycles. The molecule has 0 amide bonds. The molecule has 0 heterocycles. The molecule has 2 heteroatoms. The zero-order chi connectivity index (χ0) is 9.84. The van der Waals surface area contributed by atoms with Gasteiger partial charge in [-0.25, -0.2) is 0 Å². The fraction of sp³-hybridized carbons (Fsp3) is 0.636. The highest BCUT2D eigenvalue weighted by molar-refractivity contribution is 5.12. The summed E-state index contributed by atoms with van der Waals surface area (Å²) in [4.78, 5) is 2.05. The molecule has 2 nitrogen and oxygen atoms in total. The maximum Gasteiger partial charge on any atom is 0.0757 e. The van der Waals surface area contributed by atoms with Crippen LogP contribution in [0, 0.1) is 5.92 Å². The largest absolute Gasteiger partial charge is 0.391 e. The second-order valence-corrected chi connectivity index (χ2v) is 3.91. The van der Waals surface area contributed by atoms with Crippen LogP contribution >= 0.6 is 0 Å². The number of aliphatic hydroxyl groups is 1. The Kier molecular flexibility index (Phi) is 3.70. The lowest BCUT2D eigenvalue weighted by Crippen LogP contribution is -2.40. The first-order valence-electron chi connectivity index (χ1n) is 4.80. The summed E-state index contributed by atoms with van der Waals surface area (Å²) < 4.78 is 0. The van der Waals surface area contributed by atoms with Crippen molar-refractivity contribution < 1.29 is 5.11 Å². The molecule has 0 radical (unpaired) electrons. The summed E-state index contributed by atoms with van der Waals surface area (Å²) in [5.74, 6) is 0.280. The van der Waals surface area contributed by atoms with Gasteiger partial charge in [0.15, 0.2) is 0 Å². The van der Waals surface area contributed by atoms with E-state index in [1.54, 1.807) is 0 Å². The van der Waals surface area contributed by atoms with Crippen LogP contribution in [0.3, 0.4) is 0 Å². The summed E-state index contributed by atoms with van der Waals surface area (Å²) in [5, 5.41) is 9.99. The number of likely N-dealkylation sites (N-methyl/N-ethyl adjacent to an activating group) is 1. The molecule has 0 aliphatic heterocycles. The van der Waals surface area contributed by atoms with E-state index in [0.717, 1.165) is 6.42 Å². The van der Waals surface area contributed by atoms with Crippen LogP contribution in [0.1, 0.15) is 13.3 Å². The average molecular weight is 181 g/mol. The van der Waals surface area contributed by atoms with Crippen molar-refractivity contribution in [2.24, 2.45) is 5.92 Å². The summed E-state index contributed by atoms with van der Waals surface area (Å²) in [6, 6.07) is 0.209. The first-order valence-corrected chi connectivity index (χ1v) is 4.80. The molecule has 0 saturated carbocycles. The third-order valence-corrected chi connectivity index (χ3v) is 2.76. The summed E-state index contributed by atoms with van der Waals surface area (Å²) in [5.41, 5.74) is 0. The van der Waals surface area contributed by atoms with Crippen LogP contribution in [0.25, 0.3) is 0 Å². The van der Waals surface area contributed by atoms with Crippen LogP contribution in [0.4, 0.5) is 0 Å². The number of aliphatic hydroxyl groups excluding tert-OH is 1. The van der Waals surface area contributed by atoms with Gasteiger partial charge < -0.3 is 10.0 Å². The van der Waals surface area contributed by atoms with Gasteiger partial charge in [-0.05, 0) is 27.4 Å². The lowest BCUT2D eigenvalue weighted by Gasteiger charge is -2.30. The first kappa shape index (κ1) is 10.5. The predicted octanol–water partition coefficient (Wildman–Crippen LogP) is 1.43. The van der Waals surface area contributed by atoms with Crippen molar-refractivity contribution in [3.8, 4) is 0 Å². The second kappa shape index (κ2) is 4.58. The fourth-order valence-electron chi connectivity index (χ4n) is 1.52. The number of hydrogen-bond acceptors (Lipinski definition) is 2. The van der Waals surface area contributed by atoms with Gasteiger partial charge >= 0.3 is 0 Å². The van der Waals surface area contributed by atoms with Gasteiger partial charge in [-0.15, -0.1) is 0 Å². The molecule has 1 rings (SSSR count). The van der Waals surface area contributed by atoms with Crippen LogP contribution in [0.15, 0.2) is 24.3 Å². The highest BCUT2D eigenvalue weighted by Gasteiger charge is 2.23. The summed E-state index contributed by atoms with van der Waals surface area (Å²) >= 11 is 0. The molecule has 0 saturated heterocycles. The standard InChI is InChI=1S/C11H19NO/c1-9(12(2)3)11(13)10-7-5-4-6-8-10/h4-7,9-11,13H,8H2,1-3H3/t9-,10?,11+/m0/s1.